The second-order valence-corrected chi connectivity index (χ2v) is 5.76. The van der Waals surface area contributed by atoms with Crippen molar-refractivity contribution in [2.75, 3.05) is 6.61 Å². The molecule has 1 heterocycles. The number of nitrogens with one attached hydrogen (secondary N) is 2. The lowest BCUT2D eigenvalue weighted by atomic mass is 10.1. The summed E-state index contributed by atoms with van der Waals surface area (Å²) in [5, 5.41) is 9.61. The second kappa shape index (κ2) is 7.44. The Morgan fingerprint density at radius 1 is 1.46 bits per heavy atom. The molecular weight excluding hydrogens is 308 g/mol. The number of benzene rings is 1. The van der Waals surface area contributed by atoms with E-state index in [4.69, 9.17) is 9.26 Å². The third-order valence-electron chi connectivity index (χ3n) is 4.10. The number of aryl methyl sites for hydroxylation is 1. The third kappa shape index (κ3) is 3.73. The number of urea groups is 1. The average molecular weight is 330 g/mol. The number of nitrogens with zero attached hydrogens (tertiary/aromatic N) is 2. The topological polar surface area (TPSA) is 89.3 Å². The predicted molar refractivity (Wildman–Crippen MR) is 87.2 cm³/mol. The summed E-state index contributed by atoms with van der Waals surface area (Å²) in [7, 11) is 0. The van der Waals surface area contributed by atoms with Crippen molar-refractivity contribution in [3.05, 3.63) is 47.1 Å². The van der Waals surface area contributed by atoms with Gasteiger partial charge in [0.1, 0.15) is 6.10 Å². The van der Waals surface area contributed by atoms with Crippen molar-refractivity contribution < 1.29 is 14.1 Å². The highest BCUT2D eigenvalue weighted by atomic mass is 16.5. The van der Waals surface area contributed by atoms with Gasteiger partial charge in [-0.3, -0.25) is 0 Å². The number of rotatable bonds is 6. The van der Waals surface area contributed by atoms with Gasteiger partial charge in [0, 0.05) is 6.61 Å². The molecule has 128 valence electrons. The fourth-order valence-electron chi connectivity index (χ4n) is 2.90. The second-order valence-electron chi connectivity index (χ2n) is 5.76. The van der Waals surface area contributed by atoms with E-state index in [0.717, 1.165) is 12.8 Å². The van der Waals surface area contributed by atoms with Crippen molar-refractivity contribution in [2.45, 2.75) is 45.4 Å². The molecule has 2 N–H and O–H groups in total. The van der Waals surface area contributed by atoms with Crippen molar-refractivity contribution in [3.8, 4) is 0 Å². The van der Waals surface area contributed by atoms with Crippen LogP contribution in [-0.4, -0.2) is 22.8 Å². The van der Waals surface area contributed by atoms with Gasteiger partial charge in [-0.2, -0.15) is 4.98 Å². The summed E-state index contributed by atoms with van der Waals surface area (Å²) in [6.45, 7) is 4.53. The van der Waals surface area contributed by atoms with E-state index in [2.05, 4.69) is 32.9 Å². The number of carbonyl (C=O) groups is 1. The lowest BCUT2D eigenvalue weighted by Crippen LogP contribution is -2.37. The molecule has 24 heavy (non-hydrogen) atoms. The molecule has 0 radical (unpaired) electrons. The van der Waals surface area contributed by atoms with Crippen LogP contribution < -0.4 is 10.6 Å². The first-order valence-corrected chi connectivity index (χ1v) is 8.23. The first kappa shape index (κ1) is 16.4. The maximum absolute atomic E-state index is 12.1. The highest BCUT2D eigenvalue weighted by molar-refractivity contribution is 5.74. The molecule has 0 unspecified atom stereocenters. The zero-order valence-corrected chi connectivity index (χ0v) is 13.9. The van der Waals surface area contributed by atoms with E-state index in [1.807, 2.05) is 26.0 Å². The molecule has 1 aliphatic carbocycles. The molecular formula is C17H22N4O3. The van der Waals surface area contributed by atoms with E-state index in [-0.39, 0.29) is 24.7 Å². The number of aromatic nitrogens is 2. The molecule has 1 aromatic heterocycles. The van der Waals surface area contributed by atoms with Gasteiger partial charge in [0.25, 0.3) is 0 Å². The Labute approximate surface area is 140 Å². The van der Waals surface area contributed by atoms with Gasteiger partial charge >= 0.3 is 6.03 Å². The van der Waals surface area contributed by atoms with E-state index >= 15 is 0 Å². The van der Waals surface area contributed by atoms with Gasteiger partial charge in [0.2, 0.25) is 5.89 Å². The lowest BCUT2D eigenvalue weighted by Gasteiger charge is -2.14. The average Bonchev–Trinajstić information content (AvgIpc) is 3.21. The molecule has 2 atom stereocenters. The smallest absolute Gasteiger partial charge is 0.315 e. The maximum atomic E-state index is 12.1. The lowest BCUT2D eigenvalue weighted by molar-refractivity contribution is 0.0683. The predicted octanol–water partition coefficient (Wildman–Crippen LogP) is 2.65. The van der Waals surface area contributed by atoms with Gasteiger partial charge in [0.15, 0.2) is 5.82 Å². The summed E-state index contributed by atoms with van der Waals surface area (Å²) < 4.78 is 10.5. The molecule has 7 heteroatoms. The Hall–Kier alpha value is -2.41. The van der Waals surface area contributed by atoms with Crippen LogP contribution in [0.4, 0.5) is 4.79 Å². The quantitative estimate of drug-likeness (QED) is 0.850. The van der Waals surface area contributed by atoms with Crippen molar-refractivity contribution in [2.24, 2.45) is 0 Å². The Morgan fingerprint density at radius 3 is 3.12 bits per heavy atom. The number of hydrogen-bond acceptors (Lipinski definition) is 5. The maximum Gasteiger partial charge on any atom is 0.315 e. The first-order valence-electron chi connectivity index (χ1n) is 8.23. The Bertz CT molecular complexity index is 701. The fourth-order valence-corrected chi connectivity index (χ4v) is 2.90. The monoisotopic (exact) mass is 330 g/mol. The molecule has 3 rings (SSSR count). The minimum atomic E-state index is -0.241. The molecule has 1 aliphatic rings. The number of amides is 2. The summed E-state index contributed by atoms with van der Waals surface area (Å²) in [5.74, 6) is 0.845. The van der Waals surface area contributed by atoms with Crippen molar-refractivity contribution in [1.82, 2.24) is 20.8 Å². The van der Waals surface area contributed by atoms with Crippen LogP contribution in [0.1, 0.15) is 55.3 Å². The standard InChI is InChI=1S/C17H22N4O3/c1-3-23-11(2)16-20-15(24-21-16)10-18-17(22)19-14-9-8-12-6-4-5-7-13(12)14/h4-7,11,14H,3,8-10H2,1-2H3,(H2,18,19,22)/t11-,14-/m1/s1. The molecule has 0 fully saturated rings. The Morgan fingerprint density at radius 2 is 2.29 bits per heavy atom. The van der Waals surface area contributed by atoms with Crippen LogP contribution in [0.3, 0.4) is 0 Å². The van der Waals surface area contributed by atoms with Crippen LogP contribution in [0.2, 0.25) is 0 Å². The van der Waals surface area contributed by atoms with Gasteiger partial charge in [-0.15, -0.1) is 0 Å². The van der Waals surface area contributed by atoms with Crippen LogP contribution in [0.15, 0.2) is 28.8 Å². The van der Waals surface area contributed by atoms with E-state index in [1.54, 1.807) is 0 Å². The summed E-state index contributed by atoms with van der Waals surface area (Å²) in [6.07, 6.45) is 1.68. The molecule has 7 nitrogen and oxygen atoms in total. The molecule has 1 aromatic carbocycles. The van der Waals surface area contributed by atoms with Crippen LogP contribution in [0, 0.1) is 0 Å². The van der Waals surface area contributed by atoms with Gasteiger partial charge < -0.3 is 19.9 Å². The molecule has 2 aromatic rings. The summed E-state index contributed by atoms with van der Waals surface area (Å²) >= 11 is 0. The van der Waals surface area contributed by atoms with E-state index in [9.17, 15) is 4.79 Å². The zero-order chi connectivity index (χ0) is 16.9. The molecule has 0 spiro atoms. The fraction of sp³-hybridized carbons (Fsp3) is 0.471. The molecule has 0 bridgehead atoms. The number of fused-ring (bicyclic) bond motifs is 1. The summed E-state index contributed by atoms with van der Waals surface area (Å²) in [5.41, 5.74) is 2.49. The van der Waals surface area contributed by atoms with Crippen LogP contribution >= 0.6 is 0 Å². The molecule has 0 aliphatic heterocycles. The largest absolute Gasteiger partial charge is 0.371 e. The minimum absolute atomic E-state index is 0.0532. The van der Waals surface area contributed by atoms with Crippen molar-refractivity contribution in [1.29, 1.82) is 0 Å². The van der Waals surface area contributed by atoms with Gasteiger partial charge in [-0.1, -0.05) is 29.4 Å². The van der Waals surface area contributed by atoms with Gasteiger partial charge in [-0.05, 0) is 37.8 Å². The van der Waals surface area contributed by atoms with Crippen molar-refractivity contribution in [3.63, 3.8) is 0 Å². The molecule has 2 amide bonds. The summed E-state index contributed by atoms with van der Waals surface area (Å²) in [4.78, 5) is 16.3. The number of carbonyl (C=O) groups excluding carboxylic acids is 1. The zero-order valence-electron chi connectivity index (χ0n) is 13.9. The van der Waals surface area contributed by atoms with E-state index < -0.39 is 0 Å². The van der Waals surface area contributed by atoms with Crippen molar-refractivity contribution >= 4 is 6.03 Å². The van der Waals surface area contributed by atoms with E-state index in [1.165, 1.54) is 11.1 Å². The minimum Gasteiger partial charge on any atom is -0.371 e. The van der Waals surface area contributed by atoms with Gasteiger partial charge in [-0.25, -0.2) is 4.79 Å². The van der Waals surface area contributed by atoms with E-state index in [0.29, 0.717) is 18.3 Å². The SMILES string of the molecule is CCO[C@H](C)c1noc(CNC(=O)N[C@@H]2CCc3ccccc32)n1. The number of hydrogen-bond donors (Lipinski definition) is 2. The molecule has 0 saturated heterocycles. The highest BCUT2D eigenvalue weighted by Crippen LogP contribution is 2.30. The van der Waals surface area contributed by atoms with Crippen LogP contribution in [-0.2, 0) is 17.7 Å². The molecule has 0 saturated carbocycles. The third-order valence-corrected chi connectivity index (χ3v) is 4.10. The van der Waals surface area contributed by atoms with Gasteiger partial charge in [0.05, 0.1) is 12.6 Å². The number of ether oxygens (including phenoxy) is 1. The first-order chi connectivity index (χ1) is 11.7. The Kier molecular flexibility index (Phi) is 5.10. The van der Waals surface area contributed by atoms with Crippen LogP contribution in [0.25, 0.3) is 0 Å². The van der Waals surface area contributed by atoms with Crippen LogP contribution in [0.5, 0.6) is 0 Å². The Balaban J connectivity index is 1.50. The summed E-state index contributed by atoms with van der Waals surface area (Å²) in [6, 6.07) is 8.00. The highest BCUT2D eigenvalue weighted by Gasteiger charge is 2.23. The normalized spacial score (nSPS) is 17.3.